The largest absolute Gasteiger partial charge is 0.392 e. The first-order chi connectivity index (χ1) is 6.61. The van der Waals surface area contributed by atoms with Gasteiger partial charge in [-0.15, -0.1) is 0 Å². The summed E-state index contributed by atoms with van der Waals surface area (Å²) in [7, 11) is 0. The number of rotatable bonds is 4. The minimum absolute atomic E-state index is 0.359. The molecule has 0 fully saturated rings. The smallest absolute Gasteiger partial charge is 0.239 e. The molecule has 5 N–H and O–H groups in total. The van der Waals surface area contributed by atoms with Crippen LogP contribution in [0.25, 0.3) is 0 Å². The third-order valence-electron chi connectivity index (χ3n) is 1.56. The van der Waals surface area contributed by atoms with Crippen molar-refractivity contribution in [3.63, 3.8) is 0 Å². The topological polar surface area (TPSA) is 96.1 Å². The molecule has 0 amide bonds. The van der Waals surface area contributed by atoms with Gasteiger partial charge in [-0.2, -0.15) is 4.98 Å². The van der Waals surface area contributed by atoms with Gasteiger partial charge in [-0.3, -0.25) is 5.43 Å². The zero-order valence-electron chi connectivity index (χ0n) is 8.28. The van der Waals surface area contributed by atoms with Crippen molar-refractivity contribution >= 4 is 11.8 Å². The molecule has 1 rings (SSSR count). The molecule has 0 aromatic carbocycles. The van der Waals surface area contributed by atoms with Crippen LogP contribution in [0.2, 0.25) is 0 Å². The highest BCUT2D eigenvalue weighted by Gasteiger charge is 2.01. The van der Waals surface area contributed by atoms with Crippen molar-refractivity contribution in [1.82, 2.24) is 9.97 Å². The highest BCUT2D eigenvalue weighted by atomic mass is 16.3. The van der Waals surface area contributed by atoms with E-state index in [0.29, 0.717) is 18.3 Å². The van der Waals surface area contributed by atoms with E-state index in [1.54, 1.807) is 13.0 Å². The second-order valence-electron chi connectivity index (χ2n) is 3.09. The Morgan fingerprint density at radius 2 is 2.29 bits per heavy atom. The quantitative estimate of drug-likeness (QED) is 0.396. The first-order valence-electron chi connectivity index (χ1n) is 4.36. The normalized spacial score (nSPS) is 12.3. The van der Waals surface area contributed by atoms with E-state index in [1.807, 2.05) is 6.92 Å². The molecule has 1 aromatic heterocycles. The van der Waals surface area contributed by atoms with Crippen LogP contribution in [0.1, 0.15) is 12.6 Å². The predicted molar refractivity (Wildman–Crippen MR) is 54.7 cm³/mol. The van der Waals surface area contributed by atoms with E-state index in [4.69, 9.17) is 10.9 Å². The van der Waals surface area contributed by atoms with E-state index in [9.17, 15) is 0 Å². The fourth-order valence-electron chi connectivity index (χ4n) is 0.976. The number of hydrogen-bond acceptors (Lipinski definition) is 6. The minimum Gasteiger partial charge on any atom is -0.392 e. The summed E-state index contributed by atoms with van der Waals surface area (Å²) < 4.78 is 0. The molecular formula is C8H15N5O. The molecule has 6 heteroatoms. The van der Waals surface area contributed by atoms with Crippen molar-refractivity contribution in [2.24, 2.45) is 5.84 Å². The molecule has 14 heavy (non-hydrogen) atoms. The van der Waals surface area contributed by atoms with Crippen LogP contribution in [0.4, 0.5) is 11.8 Å². The molecule has 78 valence electrons. The van der Waals surface area contributed by atoms with Crippen molar-refractivity contribution in [2.45, 2.75) is 20.0 Å². The summed E-state index contributed by atoms with van der Waals surface area (Å²) in [4.78, 5) is 8.08. The Hall–Kier alpha value is -1.40. The third kappa shape index (κ3) is 3.15. The van der Waals surface area contributed by atoms with Gasteiger partial charge in [0.05, 0.1) is 6.10 Å². The minimum atomic E-state index is -0.417. The summed E-state index contributed by atoms with van der Waals surface area (Å²) in [6.07, 6.45) is -0.417. The summed E-state index contributed by atoms with van der Waals surface area (Å²) in [6, 6.07) is 1.78. The number of aliphatic hydroxyl groups is 1. The molecular weight excluding hydrogens is 182 g/mol. The van der Waals surface area contributed by atoms with Gasteiger partial charge in [-0.25, -0.2) is 10.8 Å². The third-order valence-corrected chi connectivity index (χ3v) is 1.56. The Morgan fingerprint density at radius 1 is 1.57 bits per heavy atom. The molecule has 1 unspecified atom stereocenters. The van der Waals surface area contributed by atoms with Gasteiger partial charge < -0.3 is 10.4 Å². The van der Waals surface area contributed by atoms with Crippen molar-refractivity contribution < 1.29 is 5.11 Å². The Labute approximate surface area is 82.5 Å². The Bertz CT molecular complexity index is 302. The molecule has 1 atom stereocenters. The number of nitrogens with zero attached hydrogens (tertiary/aromatic N) is 2. The number of hydrogen-bond donors (Lipinski definition) is 4. The van der Waals surface area contributed by atoms with Gasteiger partial charge in [0.1, 0.15) is 5.82 Å². The van der Waals surface area contributed by atoms with Gasteiger partial charge >= 0.3 is 0 Å². The van der Waals surface area contributed by atoms with Crippen LogP contribution in [-0.2, 0) is 0 Å². The lowest BCUT2D eigenvalue weighted by molar-refractivity contribution is 0.208. The van der Waals surface area contributed by atoms with Crippen LogP contribution >= 0.6 is 0 Å². The molecule has 0 spiro atoms. The van der Waals surface area contributed by atoms with Crippen LogP contribution < -0.4 is 16.6 Å². The van der Waals surface area contributed by atoms with E-state index >= 15 is 0 Å². The van der Waals surface area contributed by atoms with Gasteiger partial charge in [0.25, 0.3) is 0 Å². The maximum absolute atomic E-state index is 9.06. The zero-order chi connectivity index (χ0) is 10.6. The lowest BCUT2D eigenvalue weighted by atomic mass is 10.4. The second-order valence-corrected chi connectivity index (χ2v) is 3.09. The standard InChI is InChI=1S/C8H15N5O/c1-5-3-7(10-4-6(2)14)12-8(11-5)13-9/h3,6,14H,4,9H2,1-2H3,(H2,10,11,12,13). The maximum Gasteiger partial charge on any atom is 0.239 e. The fourth-order valence-corrected chi connectivity index (χ4v) is 0.976. The van der Waals surface area contributed by atoms with Crippen molar-refractivity contribution in [2.75, 3.05) is 17.3 Å². The van der Waals surface area contributed by atoms with Gasteiger partial charge in [0, 0.05) is 18.3 Å². The van der Waals surface area contributed by atoms with Crippen molar-refractivity contribution in [1.29, 1.82) is 0 Å². The molecule has 1 heterocycles. The average Bonchev–Trinajstić information content (AvgIpc) is 2.14. The first kappa shape index (κ1) is 10.7. The Kier molecular flexibility index (Phi) is 3.61. The lowest BCUT2D eigenvalue weighted by Crippen LogP contribution is -2.17. The molecule has 0 aliphatic rings. The monoisotopic (exact) mass is 197 g/mol. The lowest BCUT2D eigenvalue weighted by Gasteiger charge is -2.09. The summed E-state index contributed by atoms with van der Waals surface area (Å²) >= 11 is 0. The molecule has 0 radical (unpaired) electrons. The number of aromatic nitrogens is 2. The van der Waals surface area contributed by atoms with E-state index < -0.39 is 6.10 Å². The highest BCUT2D eigenvalue weighted by Crippen LogP contribution is 2.08. The van der Waals surface area contributed by atoms with Crippen LogP contribution in [0.3, 0.4) is 0 Å². The summed E-state index contributed by atoms with van der Waals surface area (Å²) in [5.41, 5.74) is 3.18. The zero-order valence-corrected chi connectivity index (χ0v) is 8.28. The molecule has 1 aromatic rings. The summed E-state index contributed by atoms with van der Waals surface area (Å²) in [5.74, 6) is 6.20. The molecule has 0 aliphatic carbocycles. The Morgan fingerprint density at radius 3 is 2.86 bits per heavy atom. The van der Waals surface area contributed by atoms with Crippen molar-refractivity contribution in [3.05, 3.63) is 11.8 Å². The van der Waals surface area contributed by atoms with Crippen LogP contribution in [-0.4, -0.2) is 27.7 Å². The number of nitrogens with one attached hydrogen (secondary N) is 2. The van der Waals surface area contributed by atoms with Crippen LogP contribution in [0.15, 0.2) is 6.07 Å². The van der Waals surface area contributed by atoms with Crippen LogP contribution in [0.5, 0.6) is 0 Å². The molecule has 0 aliphatic heterocycles. The van der Waals surface area contributed by atoms with E-state index in [2.05, 4.69) is 20.7 Å². The molecule has 0 saturated heterocycles. The van der Waals surface area contributed by atoms with Gasteiger partial charge in [0.15, 0.2) is 0 Å². The molecule has 0 bridgehead atoms. The highest BCUT2D eigenvalue weighted by molar-refractivity contribution is 5.41. The second kappa shape index (κ2) is 4.73. The SMILES string of the molecule is Cc1cc(NCC(C)O)nc(NN)n1. The van der Waals surface area contributed by atoms with Crippen LogP contribution in [0, 0.1) is 6.92 Å². The number of nitrogens with two attached hydrogens (primary N) is 1. The summed E-state index contributed by atoms with van der Waals surface area (Å²) in [5, 5.41) is 12.0. The van der Waals surface area contributed by atoms with Gasteiger partial charge in [-0.05, 0) is 13.8 Å². The number of hydrazine groups is 1. The number of aliphatic hydroxyl groups excluding tert-OH is 1. The number of nitrogen functional groups attached to an aromatic ring is 1. The van der Waals surface area contributed by atoms with E-state index in [0.717, 1.165) is 5.69 Å². The predicted octanol–water partition coefficient (Wildman–Crippen LogP) is -0.137. The number of aryl methyl sites for hydroxylation is 1. The summed E-state index contributed by atoms with van der Waals surface area (Å²) in [6.45, 7) is 3.99. The number of anilines is 2. The Balaban J connectivity index is 2.71. The van der Waals surface area contributed by atoms with Gasteiger partial charge in [-0.1, -0.05) is 0 Å². The van der Waals surface area contributed by atoms with E-state index in [1.165, 1.54) is 0 Å². The molecule has 6 nitrogen and oxygen atoms in total. The van der Waals surface area contributed by atoms with E-state index in [-0.39, 0.29) is 0 Å². The average molecular weight is 197 g/mol. The van der Waals surface area contributed by atoms with Gasteiger partial charge in [0.2, 0.25) is 5.95 Å². The first-order valence-corrected chi connectivity index (χ1v) is 4.36. The molecule has 0 saturated carbocycles. The fraction of sp³-hybridized carbons (Fsp3) is 0.500. The maximum atomic E-state index is 9.06. The van der Waals surface area contributed by atoms with Crippen molar-refractivity contribution in [3.8, 4) is 0 Å².